The van der Waals surface area contributed by atoms with E-state index in [0.717, 1.165) is 19.0 Å². The molecule has 0 radical (unpaired) electrons. The molecular formula is C15H24N2. The van der Waals surface area contributed by atoms with Crippen LogP contribution in [-0.2, 0) is 6.54 Å². The summed E-state index contributed by atoms with van der Waals surface area (Å²) < 4.78 is 0. The zero-order chi connectivity index (χ0) is 12.1. The van der Waals surface area contributed by atoms with Crippen molar-refractivity contribution in [3.05, 3.63) is 35.9 Å². The highest BCUT2D eigenvalue weighted by Crippen LogP contribution is 2.17. The average Bonchev–Trinajstić information content (AvgIpc) is 2.79. The van der Waals surface area contributed by atoms with Crippen LogP contribution in [-0.4, -0.2) is 30.6 Å². The molecule has 0 bridgehead atoms. The van der Waals surface area contributed by atoms with Crippen LogP contribution in [0.1, 0.15) is 25.8 Å². The van der Waals surface area contributed by atoms with E-state index in [1.54, 1.807) is 0 Å². The second-order valence-corrected chi connectivity index (χ2v) is 5.36. The molecule has 1 heterocycles. The summed E-state index contributed by atoms with van der Waals surface area (Å²) in [4.78, 5) is 2.58. The highest BCUT2D eigenvalue weighted by atomic mass is 15.2. The Balaban J connectivity index is 1.67. The summed E-state index contributed by atoms with van der Waals surface area (Å²) in [6.07, 6.45) is 1.35. The van der Waals surface area contributed by atoms with Crippen molar-refractivity contribution in [2.24, 2.45) is 5.92 Å². The number of likely N-dealkylation sites (tertiary alicyclic amines) is 1. The minimum atomic E-state index is 0.703. The Morgan fingerprint density at radius 2 is 2.06 bits per heavy atom. The summed E-state index contributed by atoms with van der Waals surface area (Å²) in [5, 5.41) is 3.58. The Hall–Kier alpha value is -0.860. The normalized spacial score (nSPS) is 21.2. The minimum Gasteiger partial charge on any atom is -0.312 e. The molecule has 1 fully saturated rings. The van der Waals surface area contributed by atoms with Crippen molar-refractivity contribution in [2.45, 2.75) is 32.9 Å². The smallest absolute Gasteiger partial charge is 0.0205 e. The first-order valence-electron chi connectivity index (χ1n) is 6.74. The van der Waals surface area contributed by atoms with Gasteiger partial charge >= 0.3 is 0 Å². The topological polar surface area (TPSA) is 15.3 Å². The van der Waals surface area contributed by atoms with Gasteiger partial charge in [0.15, 0.2) is 0 Å². The third-order valence-electron chi connectivity index (χ3n) is 3.65. The molecule has 94 valence electrons. The van der Waals surface area contributed by atoms with Gasteiger partial charge in [0, 0.05) is 19.1 Å². The Morgan fingerprint density at radius 3 is 2.71 bits per heavy atom. The first kappa shape index (κ1) is 12.6. The standard InChI is InChI=1S/C15H24N2/c1-13(2)17-9-8-15(12-17)11-16-10-14-6-4-3-5-7-14/h3-7,13,15-16H,8-12H2,1-2H3. The summed E-state index contributed by atoms with van der Waals surface area (Å²) in [5.41, 5.74) is 1.38. The van der Waals surface area contributed by atoms with E-state index in [9.17, 15) is 0 Å². The lowest BCUT2D eigenvalue weighted by Gasteiger charge is -2.20. The van der Waals surface area contributed by atoms with Crippen LogP contribution in [0.2, 0.25) is 0 Å². The Bertz CT molecular complexity index is 321. The van der Waals surface area contributed by atoms with Crippen LogP contribution in [0.15, 0.2) is 30.3 Å². The molecule has 1 aromatic carbocycles. The summed E-state index contributed by atoms with van der Waals surface area (Å²) >= 11 is 0. The minimum absolute atomic E-state index is 0.703. The van der Waals surface area contributed by atoms with Crippen LogP contribution in [0, 0.1) is 5.92 Å². The average molecular weight is 232 g/mol. The van der Waals surface area contributed by atoms with E-state index < -0.39 is 0 Å². The molecule has 1 unspecified atom stereocenters. The zero-order valence-corrected chi connectivity index (χ0v) is 11.0. The number of benzene rings is 1. The highest BCUT2D eigenvalue weighted by Gasteiger charge is 2.23. The molecule has 1 aliphatic rings. The molecule has 0 spiro atoms. The fourth-order valence-electron chi connectivity index (χ4n) is 2.51. The second kappa shape index (κ2) is 6.18. The molecule has 1 N–H and O–H groups in total. The maximum Gasteiger partial charge on any atom is 0.0205 e. The third-order valence-corrected chi connectivity index (χ3v) is 3.65. The first-order valence-corrected chi connectivity index (χ1v) is 6.74. The van der Waals surface area contributed by atoms with Gasteiger partial charge in [0.05, 0.1) is 0 Å². The molecule has 0 amide bonds. The van der Waals surface area contributed by atoms with Crippen molar-refractivity contribution in [1.29, 1.82) is 0 Å². The lowest BCUT2D eigenvalue weighted by atomic mass is 10.1. The van der Waals surface area contributed by atoms with Crippen molar-refractivity contribution in [3.8, 4) is 0 Å². The van der Waals surface area contributed by atoms with E-state index in [-0.39, 0.29) is 0 Å². The SMILES string of the molecule is CC(C)N1CCC(CNCc2ccccc2)C1. The molecule has 0 aliphatic carbocycles. The fourth-order valence-corrected chi connectivity index (χ4v) is 2.51. The maximum atomic E-state index is 3.58. The van der Waals surface area contributed by atoms with Gasteiger partial charge in [-0.15, -0.1) is 0 Å². The van der Waals surface area contributed by atoms with Crippen LogP contribution in [0.5, 0.6) is 0 Å². The highest BCUT2D eigenvalue weighted by molar-refractivity contribution is 5.14. The van der Waals surface area contributed by atoms with Gasteiger partial charge in [-0.2, -0.15) is 0 Å². The molecule has 17 heavy (non-hydrogen) atoms. The third kappa shape index (κ3) is 3.83. The van der Waals surface area contributed by atoms with Gasteiger partial charge in [-0.3, -0.25) is 0 Å². The van der Waals surface area contributed by atoms with Gasteiger partial charge in [-0.25, -0.2) is 0 Å². The number of hydrogen-bond donors (Lipinski definition) is 1. The predicted molar refractivity (Wildman–Crippen MR) is 73.0 cm³/mol. The molecule has 1 aliphatic heterocycles. The van der Waals surface area contributed by atoms with Crippen molar-refractivity contribution >= 4 is 0 Å². The Labute approximate surface area is 105 Å². The summed E-state index contributed by atoms with van der Waals surface area (Å²) in [6, 6.07) is 11.3. The lowest BCUT2D eigenvalue weighted by Crippen LogP contribution is -2.30. The summed E-state index contributed by atoms with van der Waals surface area (Å²) in [7, 11) is 0. The van der Waals surface area contributed by atoms with Crippen LogP contribution in [0.4, 0.5) is 0 Å². The van der Waals surface area contributed by atoms with Crippen molar-refractivity contribution in [1.82, 2.24) is 10.2 Å². The summed E-state index contributed by atoms with van der Waals surface area (Å²) in [6.45, 7) is 9.27. The van der Waals surface area contributed by atoms with E-state index in [0.29, 0.717) is 6.04 Å². The van der Waals surface area contributed by atoms with Crippen LogP contribution >= 0.6 is 0 Å². The van der Waals surface area contributed by atoms with Crippen molar-refractivity contribution in [2.75, 3.05) is 19.6 Å². The largest absolute Gasteiger partial charge is 0.312 e. The molecule has 2 rings (SSSR count). The van der Waals surface area contributed by atoms with Gasteiger partial charge in [0.25, 0.3) is 0 Å². The number of nitrogens with one attached hydrogen (secondary N) is 1. The maximum absolute atomic E-state index is 3.58. The van der Waals surface area contributed by atoms with E-state index in [1.165, 1.54) is 25.1 Å². The quantitative estimate of drug-likeness (QED) is 0.839. The number of rotatable bonds is 5. The molecule has 1 aromatic rings. The number of hydrogen-bond acceptors (Lipinski definition) is 2. The Kier molecular flexibility index (Phi) is 4.57. The van der Waals surface area contributed by atoms with Crippen molar-refractivity contribution < 1.29 is 0 Å². The molecule has 2 heteroatoms. The molecule has 0 aromatic heterocycles. The number of nitrogens with zero attached hydrogens (tertiary/aromatic N) is 1. The van der Waals surface area contributed by atoms with E-state index in [4.69, 9.17) is 0 Å². The molecule has 1 atom stereocenters. The molecule has 1 saturated heterocycles. The van der Waals surface area contributed by atoms with Crippen LogP contribution < -0.4 is 5.32 Å². The zero-order valence-electron chi connectivity index (χ0n) is 11.0. The molecule has 0 saturated carbocycles. The van der Waals surface area contributed by atoms with Crippen molar-refractivity contribution in [3.63, 3.8) is 0 Å². The fraction of sp³-hybridized carbons (Fsp3) is 0.600. The van der Waals surface area contributed by atoms with Gasteiger partial charge in [0.2, 0.25) is 0 Å². The molecular weight excluding hydrogens is 208 g/mol. The van der Waals surface area contributed by atoms with Gasteiger partial charge in [-0.05, 0) is 44.8 Å². The predicted octanol–water partition coefficient (Wildman–Crippen LogP) is 2.51. The van der Waals surface area contributed by atoms with E-state index >= 15 is 0 Å². The van der Waals surface area contributed by atoms with E-state index in [1.807, 2.05) is 0 Å². The second-order valence-electron chi connectivity index (χ2n) is 5.36. The first-order chi connectivity index (χ1) is 8.25. The lowest BCUT2D eigenvalue weighted by molar-refractivity contribution is 0.264. The van der Waals surface area contributed by atoms with Gasteiger partial charge in [-0.1, -0.05) is 30.3 Å². The van der Waals surface area contributed by atoms with Gasteiger partial charge in [0.1, 0.15) is 0 Å². The van der Waals surface area contributed by atoms with Crippen LogP contribution in [0.3, 0.4) is 0 Å². The summed E-state index contributed by atoms with van der Waals surface area (Å²) in [5.74, 6) is 0.834. The monoisotopic (exact) mass is 232 g/mol. The van der Waals surface area contributed by atoms with E-state index in [2.05, 4.69) is 54.4 Å². The van der Waals surface area contributed by atoms with Crippen LogP contribution in [0.25, 0.3) is 0 Å². The molecule has 2 nitrogen and oxygen atoms in total. The Morgan fingerprint density at radius 1 is 1.29 bits per heavy atom. The van der Waals surface area contributed by atoms with Gasteiger partial charge < -0.3 is 10.2 Å².